The summed E-state index contributed by atoms with van der Waals surface area (Å²) in [6.45, 7) is 1.68. The van der Waals surface area contributed by atoms with Crippen molar-refractivity contribution in [1.29, 1.82) is 0 Å². The normalized spacial score (nSPS) is 58.4. The number of nitrogens with one attached hydrogen (secondary N) is 1. The minimum absolute atomic E-state index is 0.0768. The maximum absolute atomic E-state index is 11.2. The number of fused-ring (bicyclic) bond motifs is 2. The van der Waals surface area contributed by atoms with Crippen molar-refractivity contribution in [2.75, 3.05) is 7.05 Å². The third-order valence-electron chi connectivity index (χ3n) is 8.54. The van der Waals surface area contributed by atoms with Gasteiger partial charge in [-0.25, -0.2) is 0 Å². The van der Waals surface area contributed by atoms with Gasteiger partial charge in [0.2, 0.25) is 0 Å². The fourth-order valence-corrected chi connectivity index (χ4v) is 6.24. The van der Waals surface area contributed by atoms with Crippen molar-refractivity contribution in [1.82, 2.24) is 5.32 Å². The molecule has 0 radical (unpaired) electrons. The highest BCUT2D eigenvalue weighted by Crippen LogP contribution is 2.56. The molecule has 5 rings (SSSR count). The monoisotopic (exact) mass is 503 g/mol. The lowest BCUT2D eigenvalue weighted by Gasteiger charge is -2.51. The van der Waals surface area contributed by atoms with Crippen LogP contribution in [0.3, 0.4) is 0 Å². The molecular formula is C22H41N5O8. The van der Waals surface area contributed by atoms with Gasteiger partial charge in [-0.3, -0.25) is 0 Å². The van der Waals surface area contributed by atoms with Gasteiger partial charge in [0.15, 0.2) is 18.9 Å². The summed E-state index contributed by atoms with van der Waals surface area (Å²) in [5.74, 6) is 0.290. The molecule has 0 aromatic heterocycles. The molecule has 2 saturated carbocycles. The summed E-state index contributed by atoms with van der Waals surface area (Å²) in [5, 5.41) is 34.8. The number of aliphatic hydroxyl groups is 3. The number of aliphatic hydroxyl groups excluding tert-OH is 3. The van der Waals surface area contributed by atoms with E-state index in [-0.39, 0.29) is 18.0 Å². The molecule has 10 unspecified atom stereocenters. The van der Waals surface area contributed by atoms with Crippen LogP contribution in [-0.2, 0) is 23.7 Å². The molecule has 5 aliphatic rings. The lowest BCUT2D eigenvalue weighted by Crippen LogP contribution is -2.69. The van der Waals surface area contributed by atoms with Gasteiger partial charge < -0.3 is 67.3 Å². The van der Waals surface area contributed by atoms with Crippen LogP contribution >= 0.6 is 0 Å². The van der Waals surface area contributed by atoms with E-state index in [1.165, 1.54) is 0 Å². The molecule has 0 aromatic carbocycles. The predicted molar refractivity (Wildman–Crippen MR) is 121 cm³/mol. The van der Waals surface area contributed by atoms with E-state index in [0.29, 0.717) is 12.8 Å². The molecular weight excluding hydrogens is 462 g/mol. The summed E-state index contributed by atoms with van der Waals surface area (Å²) in [4.78, 5) is 0. The Morgan fingerprint density at radius 3 is 2.31 bits per heavy atom. The van der Waals surface area contributed by atoms with Crippen LogP contribution < -0.4 is 28.3 Å². The first-order valence-electron chi connectivity index (χ1n) is 12.6. The van der Waals surface area contributed by atoms with Gasteiger partial charge in [-0.1, -0.05) is 0 Å². The highest BCUT2D eigenvalue weighted by atomic mass is 16.8. The minimum Gasteiger partial charge on any atom is -0.388 e. The summed E-state index contributed by atoms with van der Waals surface area (Å²) in [6, 6.07) is -2.09. The zero-order chi connectivity index (χ0) is 25.2. The summed E-state index contributed by atoms with van der Waals surface area (Å²) >= 11 is 0. The largest absolute Gasteiger partial charge is 0.388 e. The first-order valence-corrected chi connectivity index (χ1v) is 12.6. The van der Waals surface area contributed by atoms with E-state index < -0.39 is 79.2 Å². The van der Waals surface area contributed by atoms with E-state index in [0.717, 1.165) is 12.8 Å². The summed E-state index contributed by atoms with van der Waals surface area (Å²) < 4.78 is 30.3. The van der Waals surface area contributed by atoms with Crippen molar-refractivity contribution < 1.29 is 39.0 Å². The van der Waals surface area contributed by atoms with Crippen LogP contribution in [0.4, 0.5) is 0 Å². The summed E-state index contributed by atoms with van der Waals surface area (Å²) in [6.07, 6.45) is -5.69. The summed E-state index contributed by atoms with van der Waals surface area (Å²) in [7, 11) is 1.65. The number of ether oxygens (including phenoxy) is 5. The van der Waals surface area contributed by atoms with E-state index >= 15 is 0 Å². The Balaban J connectivity index is 1.25. The second-order valence-electron chi connectivity index (χ2n) is 10.9. The Kier molecular flexibility index (Phi) is 7.20. The van der Waals surface area contributed by atoms with Gasteiger partial charge in [-0.05, 0) is 45.6 Å². The van der Waals surface area contributed by atoms with Crippen LogP contribution in [0.5, 0.6) is 0 Å². The molecule has 5 fully saturated rings. The zero-order valence-electron chi connectivity index (χ0n) is 20.2. The van der Waals surface area contributed by atoms with Gasteiger partial charge in [0.05, 0.1) is 35.9 Å². The Morgan fingerprint density at radius 1 is 0.886 bits per heavy atom. The van der Waals surface area contributed by atoms with E-state index in [1.54, 1.807) is 14.0 Å². The lowest BCUT2D eigenvalue weighted by molar-refractivity contribution is -0.371. The third-order valence-corrected chi connectivity index (χ3v) is 8.54. The molecule has 0 spiro atoms. The van der Waals surface area contributed by atoms with Crippen LogP contribution in [0.1, 0.15) is 32.6 Å². The molecule has 3 aliphatic heterocycles. The fourth-order valence-electron chi connectivity index (χ4n) is 6.24. The molecule has 0 amide bonds. The molecule has 16 atom stereocenters. The van der Waals surface area contributed by atoms with Gasteiger partial charge in [-0.2, -0.15) is 0 Å². The smallest absolute Gasteiger partial charge is 0.189 e. The van der Waals surface area contributed by atoms with Gasteiger partial charge in [0.1, 0.15) is 24.4 Å². The van der Waals surface area contributed by atoms with E-state index in [9.17, 15) is 15.3 Å². The number of nitrogens with two attached hydrogens (primary N) is 4. The van der Waals surface area contributed by atoms with Gasteiger partial charge in [0.25, 0.3) is 0 Å². The molecule has 13 nitrogen and oxygen atoms in total. The van der Waals surface area contributed by atoms with Crippen molar-refractivity contribution in [3.8, 4) is 0 Å². The molecule has 0 bridgehead atoms. The van der Waals surface area contributed by atoms with Gasteiger partial charge >= 0.3 is 0 Å². The van der Waals surface area contributed by atoms with Crippen molar-refractivity contribution in [2.45, 2.75) is 124 Å². The molecule has 3 saturated heterocycles. The molecule has 0 aromatic rings. The number of rotatable bonds is 5. The molecule has 12 N–H and O–H groups in total. The molecule has 13 heteroatoms. The highest BCUT2D eigenvalue weighted by Gasteiger charge is 2.64. The fraction of sp³-hybridized carbons (Fsp3) is 1.00. The maximum Gasteiger partial charge on any atom is 0.189 e. The van der Waals surface area contributed by atoms with Crippen molar-refractivity contribution in [3.05, 3.63) is 0 Å². The first-order chi connectivity index (χ1) is 16.6. The molecule has 202 valence electrons. The average Bonchev–Trinajstić information content (AvgIpc) is 3.51. The van der Waals surface area contributed by atoms with Gasteiger partial charge in [0, 0.05) is 12.1 Å². The van der Waals surface area contributed by atoms with E-state index in [4.69, 9.17) is 46.6 Å². The second-order valence-corrected chi connectivity index (χ2v) is 10.9. The Labute approximate surface area is 204 Å². The van der Waals surface area contributed by atoms with Crippen molar-refractivity contribution in [2.24, 2.45) is 28.9 Å². The van der Waals surface area contributed by atoms with Crippen LogP contribution in [0.15, 0.2) is 0 Å². The van der Waals surface area contributed by atoms with Crippen molar-refractivity contribution in [3.63, 3.8) is 0 Å². The van der Waals surface area contributed by atoms with Crippen molar-refractivity contribution >= 4 is 0 Å². The van der Waals surface area contributed by atoms with Crippen LogP contribution in [0.2, 0.25) is 0 Å². The predicted octanol–water partition coefficient (Wildman–Crippen LogP) is -3.86. The van der Waals surface area contributed by atoms with E-state index in [1.807, 2.05) is 0 Å². The van der Waals surface area contributed by atoms with Crippen LogP contribution in [-0.4, -0.2) is 114 Å². The SMILES string of the molecule is CNC1C(O[C@H]2OC(C)[C@@H](N)C(O)C2O)O[C@H]2CC(N)[C@@H](O[C@]34CC3C[C@H](N)CC4N)OC2C1O. The highest BCUT2D eigenvalue weighted by molar-refractivity contribution is 5.17. The Bertz CT molecular complexity index is 767. The molecule has 2 aliphatic carbocycles. The van der Waals surface area contributed by atoms with Crippen LogP contribution in [0.25, 0.3) is 0 Å². The topological polar surface area (TPSA) is 223 Å². The lowest BCUT2D eigenvalue weighted by atomic mass is 9.88. The molecule has 3 heterocycles. The Morgan fingerprint density at radius 2 is 1.63 bits per heavy atom. The minimum atomic E-state index is -1.38. The standard InChI is InChI=1S/C22H41N5O8/c1-7-13(26)15(28)17(30)21(31-7)34-20-14(27-2)16(29)18-11(32-20)5-10(24)19(33-18)35-22-6-8(22)3-9(23)4-12(22)25/h7-21,27-30H,3-6,23-26H2,1-2H3/t7?,8?,9-,10?,11-,12?,13+,14?,15?,16?,17?,18?,19+,20?,21+,22+/m0/s1. The van der Waals surface area contributed by atoms with Crippen LogP contribution in [0, 0.1) is 5.92 Å². The van der Waals surface area contributed by atoms with E-state index in [2.05, 4.69) is 5.32 Å². The summed E-state index contributed by atoms with van der Waals surface area (Å²) in [5.41, 5.74) is 24.3. The maximum atomic E-state index is 11.2. The number of likely N-dealkylation sites (N-methyl/N-ethyl adjacent to an activating group) is 1. The number of hydrogen-bond donors (Lipinski definition) is 8. The van der Waals surface area contributed by atoms with Gasteiger partial charge in [-0.15, -0.1) is 0 Å². The quantitative estimate of drug-likeness (QED) is 0.180. The zero-order valence-corrected chi connectivity index (χ0v) is 20.2. The third kappa shape index (κ3) is 4.54. The number of hydrogen-bond acceptors (Lipinski definition) is 13. The average molecular weight is 504 g/mol. The molecule has 35 heavy (non-hydrogen) atoms. The first kappa shape index (κ1) is 26.1. The Hall–Kier alpha value is -0.520. The second kappa shape index (κ2) is 9.66.